The van der Waals surface area contributed by atoms with Crippen LogP contribution in [0, 0.1) is 0 Å². The molecule has 2 aromatic rings. The fraction of sp³-hybridized carbons (Fsp3) is 0.333. The summed E-state index contributed by atoms with van der Waals surface area (Å²) in [6.45, 7) is 3.73. The predicted octanol–water partition coefficient (Wildman–Crippen LogP) is 2.32. The van der Waals surface area contributed by atoms with Gasteiger partial charge in [0, 0.05) is 25.8 Å². The molecule has 1 N–H and O–H groups in total. The van der Waals surface area contributed by atoms with Crippen LogP contribution < -0.4 is 10.2 Å². The predicted molar refractivity (Wildman–Crippen MR) is 92.4 cm³/mol. The minimum Gasteiger partial charge on any atom is -0.380 e. The van der Waals surface area contributed by atoms with Gasteiger partial charge in [0.05, 0.1) is 31.7 Å². The summed E-state index contributed by atoms with van der Waals surface area (Å²) in [5.41, 5.74) is 2.66. The molecule has 0 atom stereocenters. The molecule has 24 heavy (non-hydrogen) atoms. The summed E-state index contributed by atoms with van der Waals surface area (Å²) in [4.78, 5) is 18.8. The molecule has 126 valence electrons. The van der Waals surface area contributed by atoms with E-state index in [-0.39, 0.29) is 5.91 Å². The van der Waals surface area contributed by atoms with Gasteiger partial charge in [0.1, 0.15) is 5.82 Å². The van der Waals surface area contributed by atoms with Gasteiger partial charge in [-0.25, -0.2) is 4.98 Å². The number of carbonyl (C=O) groups excluding carboxylic acids is 1. The Morgan fingerprint density at radius 3 is 2.58 bits per heavy atom. The third-order valence-electron chi connectivity index (χ3n) is 3.89. The van der Waals surface area contributed by atoms with E-state index in [1.165, 1.54) is 0 Å². The third kappa shape index (κ3) is 4.10. The summed E-state index contributed by atoms with van der Waals surface area (Å²) in [5, 5.41) is 2.82. The van der Waals surface area contributed by atoms with Gasteiger partial charge in [-0.1, -0.05) is 12.1 Å². The fourth-order valence-corrected chi connectivity index (χ4v) is 2.58. The quantitative estimate of drug-likeness (QED) is 0.913. The monoisotopic (exact) mass is 327 g/mol. The number of morpholine rings is 1. The molecule has 0 unspecified atom stereocenters. The molecule has 1 aliphatic heterocycles. The summed E-state index contributed by atoms with van der Waals surface area (Å²) in [7, 11) is 1.65. The summed E-state index contributed by atoms with van der Waals surface area (Å²) >= 11 is 0. The molecule has 6 nitrogen and oxygen atoms in total. The lowest BCUT2D eigenvalue weighted by Crippen LogP contribution is -2.36. The van der Waals surface area contributed by atoms with Crippen molar-refractivity contribution in [2.45, 2.75) is 6.61 Å². The van der Waals surface area contributed by atoms with Crippen LogP contribution in [0.2, 0.25) is 0 Å². The Morgan fingerprint density at radius 2 is 1.96 bits per heavy atom. The first-order valence-electron chi connectivity index (χ1n) is 7.94. The molecule has 6 heteroatoms. The van der Waals surface area contributed by atoms with E-state index in [1.54, 1.807) is 25.4 Å². The zero-order chi connectivity index (χ0) is 16.8. The van der Waals surface area contributed by atoms with E-state index in [9.17, 15) is 4.79 Å². The highest BCUT2D eigenvalue weighted by molar-refractivity contribution is 6.03. The first-order chi connectivity index (χ1) is 11.8. The number of amides is 1. The minimum atomic E-state index is -0.175. The maximum atomic E-state index is 12.3. The van der Waals surface area contributed by atoms with E-state index in [0.29, 0.717) is 18.0 Å². The van der Waals surface area contributed by atoms with Crippen molar-refractivity contribution in [3.05, 3.63) is 53.7 Å². The average molecular weight is 327 g/mol. The lowest BCUT2D eigenvalue weighted by Gasteiger charge is -2.28. The topological polar surface area (TPSA) is 63.7 Å². The van der Waals surface area contributed by atoms with Crippen LogP contribution >= 0.6 is 0 Å². The number of benzene rings is 1. The second-order valence-electron chi connectivity index (χ2n) is 5.59. The van der Waals surface area contributed by atoms with Crippen molar-refractivity contribution in [1.29, 1.82) is 0 Å². The normalized spacial score (nSPS) is 14.5. The van der Waals surface area contributed by atoms with Crippen LogP contribution in [0.25, 0.3) is 0 Å². The van der Waals surface area contributed by atoms with Crippen molar-refractivity contribution >= 4 is 17.4 Å². The summed E-state index contributed by atoms with van der Waals surface area (Å²) in [5.74, 6) is 0.364. The van der Waals surface area contributed by atoms with Crippen molar-refractivity contribution in [1.82, 2.24) is 4.98 Å². The molecule has 0 radical (unpaired) electrons. The molecule has 2 heterocycles. The average Bonchev–Trinajstić information content (AvgIpc) is 2.64. The van der Waals surface area contributed by atoms with Crippen LogP contribution in [0.15, 0.2) is 42.6 Å². The number of hydrogen-bond donors (Lipinski definition) is 1. The third-order valence-corrected chi connectivity index (χ3v) is 3.89. The molecule has 1 amide bonds. The molecule has 1 saturated heterocycles. The number of pyridine rings is 1. The number of hydrogen-bond acceptors (Lipinski definition) is 5. The van der Waals surface area contributed by atoms with Gasteiger partial charge in [-0.05, 0) is 29.8 Å². The number of aromatic nitrogens is 1. The molecule has 0 bridgehead atoms. The molecule has 3 rings (SSSR count). The molecule has 0 saturated carbocycles. The number of rotatable bonds is 5. The minimum absolute atomic E-state index is 0.175. The van der Waals surface area contributed by atoms with Crippen LogP contribution in [0.5, 0.6) is 0 Å². The maximum absolute atomic E-state index is 12.3. The molecule has 1 fully saturated rings. The number of nitrogens with one attached hydrogen (secondary N) is 1. The van der Waals surface area contributed by atoms with Crippen LogP contribution in [0.1, 0.15) is 15.9 Å². The Bertz CT molecular complexity index is 665. The maximum Gasteiger partial charge on any atom is 0.256 e. The Morgan fingerprint density at radius 1 is 1.21 bits per heavy atom. The smallest absolute Gasteiger partial charge is 0.256 e. The van der Waals surface area contributed by atoms with Gasteiger partial charge in [-0.2, -0.15) is 0 Å². The van der Waals surface area contributed by atoms with Gasteiger partial charge in [0.2, 0.25) is 0 Å². The van der Waals surface area contributed by atoms with E-state index in [2.05, 4.69) is 15.2 Å². The van der Waals surface area contributed by atoms with Crippen molar-refractivity contribution in [2.24, 2.45) is 0 Å². The van der Waals surface area contributed by atoms with Gasteiger partial charge in [-0.15, -0.1) is 0 Å². The largest absolute Gasteiger partial charge is 0.380 e. The highest BCUT2D eigenvalue weighted by atomic mass is 16.5. The summed E-state index contributed by atoms with van der Waals surface area (Å²) in [6, 6.07) is 11.1. The number of anilines is 2. The van der Waals surface area contributed by atoms with E-state index in [1.807, 2.05) is 24.3 Å². The van der Waals surface area contributed by atoms with Gasteiger partial charge in [-0.3, -0.25) is 4.79 Å². The second-order valence-corrected chi connectivity index (χ2v) is 5.59. The molecule has 0 spiro atoms. The Balaban J connectivity index is 1.61. The van der Waals surface area contributed by atoms with Crippen LogP contribution in [-0.4, -0.2) is 44.3 Å². The SMILES string of the molecule is COCc1ccc(C(=O)Nc2ccc(N3CCOCC3)cn2)cc1. The van der Waals surface area contributed by atoms with E-state index < -0.39 is 0 Å². The van der Waals surface area contributed by atoms with E-state index >= 15 is 0 Å². The zero-order valence-corrected chi connectivity index (χ0v) is 13.7. The first kappa shape index (κ1) is 16.4. The van der Waals surface area contributed by atoms with Crippen LogP contribution in [0.3, 0.4) is 0 Å². The Hall–Kier alpha value is -2.44. The molecular formula is C18H21N3O3. The molecular weight excluding hydrogens is 306 g/mol. The van der Waals surface area contributed by atoms with Crippen molar-refractivity contribution < 1.29 is 14.3 Å². The standard InChI is InChI=1S/C18H21N3O3/c1-23-13-14-2-4-15(5-3-14)18(22)20-17-7-6-16(12-19-17)21-8-10-24-11-9-21/h2-7,12H,8-11,13H2,1H3,(H,19,20,22). The van der Waals surface area contributed by atoms with Crippen molar-refractivity contribution in [3.8, 4) is 0 Å². The lowest BCUT2D eigenvalue weighted by atomic mass is 10.1. The molecule has 1 aliphatic rings. The number of nitrogens with zero attached hydrogens (tertiary/aromatic N) is 2. The van der Waals surface area contributed by atoms with Gasteiger partial charge in [0.15, 0.2) is 0 Å². The van der Waals surface area contributed by atoms with E-state index in [4.69, 9.17) is 9.47 Å². The van der Waals surface area contributed by atoms with Crippen LogP contribution in [-0.2, 0) is 16.1 Å². The first-order valence-corrected chi connectivity index (χ1v) is 7.94. The second kappa shape index (κ2) is 7.90. The molecule has 1 aromatic carbocycles. The highest BCUT2D eigenvalue weighted by Gasteiger charge is 2.12. The van der Waals surface area contributed by atoms with Gasteiger partial charge in [0.25, 0.3) is 5.91 Å². The fourth-order valence-electron chi connectivity index (χ4n) is 2.58. The molecule has 1 aromatic heterocycles. The Labute approximate surface area is 141 Å². The summed E-state index contributed by atoms with van der Waals surface area (Å²) in [6.07, 6.45) is 1.78. The van der Waals surface area contributed by atoms with Crippen molar-refractivity contribution in [2.75, 3.05) is 43.6 Å². The molecule has 0 aliphatic carbocycles. The van der Waals surface area contributed by atoms with Crippen LogP contribution in [0.4, 0.5) is 11.5 Å². The summed E-state index contributed by atoms with van der Waals surface area (Å²) < 4.78 is 10.4. The van der Waals surface area contributed by atoms with Gasteiger partial charge >= 0.3 is 0 Å². The highest BCUT2D eigenvalue weighted by Crippen LogP contribution is 2.17. The Kier molecular flexibility index (Phi) is 5.40. The number of ether oxygens (including phenoxy) is 2. The van der Waals surface area contributed by atoms with E-state index in [0.717, 1.165) is 37.6 Å². The lowest BCUT2D eigenvalue weighted by molar-refractivity contribution is 0.102. The van der Waals surface area contributed by atoms with Gasteiger partial charge < -0.3 is 19.7 Å². The number of carbonyl (C=O) groups is 1. The zero-order valence-electron chi connectivity index (χ0n) is 13.7. The number of methoxy groups -OCH3 is 1. The van der Waals surface area contributed by atoms with Crippen molar-refractivity contribution in [3.63, 3.8) is 0 Å².